The van der Waals surface area contributed by atoms with Crippen molar-refractivity contribution < 1.29 is 9.50 Å². The minimum Gasteiger partial charge on any atom is -0.392 e. The Morgan fingerprint density at radius 3 is 2.84 bits per heavy atom. The normalized spacial score (nSPS) is 29.2. The molecule has 19 heavy (non-hydrogen) atoms. The van der Waals surface area contributed by atoms with Crippen LogP contribution in [-0.2, 0) is 6.42 Å². The van der Waals surface area contributed by atoms with Crippen molar-refractivity contribution in [2.75, 3.05) is 5.75 Å². The number of hydrogen-bond donors (Lipinski definition) is 1. The lowest BCUT2D eigenvalue weighted by Gasteiger charge is -2.34. The van der Waals surface area contributed by atoms with Crippen molar-refractivity contribution in [3.05, 3.63) is 34.1 Å². The molecule has 0 spiro atoms. The molecule has 0 saturated carbocycles. The largest absolute Gasteiger partial charge is 0.392 e. The fraction of sp³-hybridized carbons (Fsp3) is 0.571. The summed E-state index contributed by atoms with van der Waals surface area (Å²) in [4.78, 5) is 0. The Hall–Kier alpha value is 0.290. The summed E-state index contributed by atoms with van der Waals surface area (Å²) in [5, 5.41) is 11.8. The Kier molecular flexibility index (Phi) is 5.64. The van der Waals surface area contributed by atoms with Gasteiger partial charge < -0.3 is 5.11 Å². The highest BCUT2D eigenvalue weighted by molar-refractivity contribution is 9.10. The third-order valence-corrected chi connectivity index (χ3v) is 7.89. The molecule has 1 fully saturated rings. The van der Waals surface area contributed by atoms with Gasteiger partial charge in [-0.05, 0) is 27.6 Å². The van der Waals surface area contributed by atoms with Gasteiger partial charge in [0.2, 0.25) is 0 Å². The third-order valence-electron chi connectivity index (χ3n) is 3.46. The van der Waals surface area contributed by atoms with E-state index in [0.29, 0.717) is 21.4 Å². The molecule has 1 saturated heterocycles. The zero-order chi connectivity index (χ0) is 14.0. The smallest absolute Gasteiger partial charge is 0.137 e. The average Bonchev–Trinajstić information content (AvgIpc) is 2.38. The van der Waals surface area contributed by atoms with E-state index in [1.807, 2.05) is 29.6 Å². The molecule has 1 heterocycles. The monoisotopic (exact) mass is 364 g/mol. The summed E-state index contributed by atoms with van der Waals surface area (Å²) < 4.78 is 13.9. The van der Waals surface area contributed by atoms with Crippen LogP contribution in [0.3, 0.4) is 0 Å². The van der Waals surface area contributed by atoms with Crippen LogP contribution in [0.1, 0.15) is 19.4 Å². The molecule has 0 aliphatic carbocycles. The molecule has 2 rings (SSSR count). The predicted octanol–water partition coefficient (Wildman–Crippen LogP) is 4.12. The van der Waals surface area contributed by atoms with Crippen LogP contribution >= 0.6 is 39.5 Å². The topological polar surface area (TPSA) is 20.2 Å². The molecule has 1 nitrogen and oxygen atoms in total. The van der Waals surface area contributed by atoms with Crippen molar-refractivity contribution >= 4 is 39.5 Å². The van der Waals surface area contributed by atoms with Gasteiger partial charge in [0, 0.05) is 27.9 Å². The highest BCUT2D eigenvalue weighted by Crippen LogP contribution is 2.38. The van der Waals surface area contributed by atoms with E-state index in [2.05, 4.69) is 29.8 Å². The van der Waals surface area contributed by atoms with E-state index >= 15 is 0 Å². The van der Waals surface area contributed by atoms with Crippen LogP contribution in [0.25, 0.3) is 0 Å². The van der Waals surface area contributed by atoms with Crippen LogP contribution in [0, 0.1) is 5.82 Å². The molecule has 1 aromatic carbocycles. The predicted molar refractivity (Wildman–Crippen MR) is 86.6 cm³/mol. The minimum atomic E-state index is -0.425. The van der Waals surface area contributed by atoms with Gasteiger partial charge >= 0.3 is 0 Å². The third kappa shape index (κ3) is 3.90. The number of rotatable bonds is 3. The van der Waals surface area contributed by atoms with Crippen LogP contribution in [-0.4, -0.2) is 32.7 Å². The fourth-order valence-corrected chi connectivity index (χ4v) is 5.51. The lowest BCUT2D eigenvalue weighted by atomic mass is 10.1. The molecular formula is C14H18BrFOS2. The van der Waals surface area contributed by atoms with Gasteiger partial charge in [-0.2, -0.15) is 23.5 Å². The summed E-state index contributed by atoms with van der Waals surface area (Å²) in [6.07, 6.45) is 0.0723. The second-order valence-corrected chi connectivity index (χ2v) is 8.73. The number of halogens is 2. The van der Waals surface area contributed by atoms with Crippen molar-refractivity contribution in [2.45, 2.75) is 42.1 Å². The first-order valence-electron chi connectivity index (χ1n) is 6.37. The van der Waals surface area contributed by atoms with Crippen molar-refractivity contribution in [1.29, 1.82) is 0 Å². The molecule has 5 heteroatoms. The van der Waals surface area contributed by atoms with Crippen molar-refractivity contribution in [2.24, 2.45) is 0 Å². The summed E-state index contributed by atoms with van der Waals surface area (Å²) in [6.45, 7) is 4.44. The number of aliphatic hydroxyl groups is 1. The van der Waals surface area contributed by atoms with E-state index in [1.165, 1.54) is 6.07 Å². The number of hydrogen-bond acceptors (Lipinski definition) is 3. The van der Waals surface area contributed by atoms with Crippen molar-refractivity contribution in [1.82, 2.24) is 0 Å². The number of thioether (sulfide) groups is 2. The summed E-state index contributed by atoms with van der Waals surface area (Å²) in [5.74, 6) is 0.696. The van der Waals surface area contributed by atoms with Crippen molar-refractivity contribution in [3.8, 4) is 0 Å². The molecule has 0 bridgehead atoms. The molecule has 0 radical (unpaired) electrons. The average molecular weight is 365 g/mol. The Morgan fingerprint density at radius 1 is 1.42 bits per heavy atom. The first-order chi connectivity index (χ1) is 8.99. The van der Waals surface area contributed by atoms with Crippen LogP contribution in [0.4, 0.5) is 4.39 Å². The molecule has 1 N–H and O–H groups in total. The zero-order valence-electron chi connectivity index (χ0n) is 11.0. The fourth-order valence-electron chi connectivity index (χ4n) is 2.07. The zero-order valence-corrected chi connectivity index (χ0v) is 14.2. The molecule has 1 aromatic rings. The van der Waals surface area contributed by atoms with E-state index in [-0.39, 0.29) is 11.1 Å². The summed E-state index contributed by atoms with van der Waals surface area (Å²) in [7, 11) is 0. The van der Waals surface area contributed by atoms with E-state index in [1.54, 1.807) is 6.07 Å². The van der Waals surface area contributed by atoms with Gasteiger partial charge in [0.05, 0.1) is 10.6 Å². The molecular weight excluding hydrogens is 347 g/mol. The summed E-state index contributed by atoms with van der Waals surface area (Å²) in [6, 6.07) is 4.98. The highest BCUT2D eigenvalue weighted by atomic mass is 79.9. The SMILES string of the molecule is CC1SCC(C(O)Cc2cccc(F)c2Br)SC1C. The van der Waals surface area contributed by atoms with E-state index < -0.39 is 6.10 Å². The Labute approximate surface area is 130 Å². The maximum atomic E-state index is 13.4. The first-order valence-corrected chi connectivity index (χ1v) is 9.15. The van der Waals surface area contributed by atoms with Crippen LogP contribution in [0.2, 0.25) is 0 Å². The van der Waals surface area contributed by atoms with Crippen molar-refractivity contribution in [3.63, 3.8) is 0 Å². The Morgan fingerprint density at radius 2 is 2.16 bits per heavy atom. The number of aliphatic hydroxyl groups excluding tert-OH is 1. The molecule has 0 aromatic heterocycles. The molecule has 4 atom stereocenters. The second-order valence-electron chi connectivity index (χ2n) is 4.90. The van der Waals surface area contributed by atoms with Gasteiger partial charge in [-0.1, -0.05) is 26.0 Å². The van der Waals surface area contributed by atoms with Gasteiger partial charge in [-0.15, -0.1) is 0 Å². The highest BCUT2D eigenvalue weighted by Gasteiger charge is 2.30. The molecule has 1 aliphatic heterocycles. The molecule has 4 unspecified atom stereocenters. The van der Waals surface area contributed by atoms with Gasteiger partial charge in [-0.3, -0.25) is 0 Å². The standard InChI is InChI=1S/C14H18BrFOS2/c1-8-9(2)19-13(7-18-8)12(17)6-10-4-3-5-11(16)14(10)15/h3-5,8-9,12-13,17H,6-7H2,1-2H3. The van der Waals surface area contributed by atoms with E-state index in [9.17, 15) is 9.50 Å². The number of benzene rings is 1. The Bertz CT molecular complexity index is 443. The lowest BCUT2D eigenvalue weighted by Crippen LogP contribution is -2.35. The summed E-state index contributed by atoms with van der Waals surface area (Å²) in [5.41, 5.74) is 0.837. The van der Waals surface area contributed by atoms with Crippen LogP contribution < -0.4 is 0 Å². The van der Waals surface area contributed by atoms with Gasteiger partial charge in [0.25, 0.3) is 0 Å². The van der Waals surface area contributed by atoms with E-state index in [0.717, 1.165) is 11.3 Å². The van der Waals surface area contributed by atoms with Gasteiger partial charge in [0.1, 0.15) is 5.82 Å². The Balaban J connectivity index is 2.01. The van der Waals surface area contributed by atoms with Gasteiger partial charge in [-0.25, -0.2) is 4.39 Å². The summed E-state index contributed by atoms with van der Waals surface area (Å²) >= 11 is 7.02. The minimum absolute atomic E-state index is 0.228. The second kappa shape index (κ2) is 6.83. The maximum absolute atomic E-state index is 13.4. The van der Waals surface area contributed by atoms with E-state index in [4.69, 9.17) is 0 Å². The molecule has 0 amide bonds. The first kappa shape index (κ1) is 15.7. The quantitative estimate of drug-likeness (QED) is 0.870. The maximum Gasteiger partial charge on any atom is 0.137 e. The van der Waals surface area contributed by atoms with Gasteiger partial charge in [0.15, 0.2) is 0 Å². The lowest BCUT2D eigenvalue weighted by molar-refractivity contribution is 0.176. The molecule has 1 aliphatic rings. The van der Waals surface area contributed by atoms with Crippen LogP contribution in [0.15, 0.2) is 22.7 Å². The molecule has 106 valence electrons. The van der Waals surface area contributed by atoms with Crippen LogP contribution in [0.5, 0.6) is 0 Å².